The highest BCUT2D eigenvalue weighted by Crippen LogP contribution is 2.15. The molecular weight excluding hydrogens is 270 g/mol. The predicted molar refractivity (Wildman–Crippen MR) is 78.6 cm³/mol. The van der Waals surface area contributed by atoms with E-state index in [9.17, 15) is 4.79 Å². The maximum atomic E-state index is 12.0. The molecular formula is C15H21N3O3. The smallest absolute Gasteiger partial charge is 0.269 e. The molecule has 1 unspecified atom stereocenters. The lowest BCUT2D eigenvalue weighted by Gasteiger charge is -2.28. The summed E-state index contributed by atoms with van der Waals surface area (Å²) in [6, 6.07) is 3.72. The van der Waals surface area contributed by atoms with Crippen LogP contribution >= 0.6 is 0 Å². The first-order valence-electron chi connectivity index (χ1n) is 7.51. The second kappa shape index (κ2) is 6.87. The van der Waals surface area contributed by atoms with E-state index in [0.29, 0.717) is 12.2 Å². The molecule has 6 heteroatoms. The molecule has 3 heterocycles. The molecule has 2 aliphatic heterocycles. The van der Waals surface area contributed by atoms with Crippen LogP contribution in [0.3, 0.4) is 0 Å². The van der Waals surface area contributed by atoms with Crippen LogP contribution in [0.2, 0.25) is 0 Å². The molecule has 0 bridgehead atoms. The summed E-state index contributed by atoms with van der Waals surface area (Å²) in [5.41, 5.74) is 1.49. The molecule has 1 amide bonds. The number of ether oxygens (including phenoxy) is 2. The quantitative estimate of drug-likeness (QED) is 0.890. The lowest BCUT2D eigenvalue weighted by Crippen LogP contribution is -2.36. The number of anilines is 1. The van der Waals surface area contributed by atoms with Crippen molar-refractivity contribution in [2.24, 2.45) is 0 Å². The number of hydrogen-bond donors (Lipinski definition) is 1. The highest BCUT2D eigenvalue weighted by molar-refractivity contribution is 5.92. The molecule has 2 aliphatic rings. The summed E-state index contributed by atoms with van der Waals surface area (Å²) in [5, 5.41) is 2.88. The largest absolute Gasteiger partial charge is 0.378 e. The Hall–Kier alpha value is -1.66. The molecule has 2 fully saturated rings. The summed E-state index contributed by atoms with van der Waals surface area (Å²) in [4.78, 5) is 18.5. The number of aromatic nitrogens is 1. The van der Waals surface area contributed by atoms with Gasteiger partial charge in [0.1, 0.15) is 5.69 Å². The number of nitrogens with zero attached hydrogens (tertiary/aromatic N) is 2. The third-order valence-electron chi connectivity index (χ3n) is 3.87. The Labute approximate surface area is 124 Å². The van der Waals surface area contributed by atoms with Gasteiger partial charge in [-0.1, -0.05) is 0 Å². The van der Waals surface area contributed by atoms with E-state index >= 15 is 0 Å². The van der Waals surface area contributed by atoms with Crippen molar-refractivity contribution in [1.29, 1.82) is 0 Å². The van der Waals surface area contributed by atoms with Crippen LogP contribution in [0.25, 0.3) is 0 Å². The number of rotatable bonds is 4. The molecule has 6 nitrogen and oxygen atoms in total. The number of hydrogen-bond acceptors (Lipinski definition) is 5. The van der Waals surface area contributed by atoms with Crippen LogP contribution in [0.1, 0.15) is 23.3 Å². The Morgan fingerprint density at radius 1 is 1.33 bits per heavy atom. The number of carbonyl (C=O) groups excluding carboxylic acids is 1. The van der Waals surface area contributed by atoms with Gasteiger partial charge in [0.25, 0.3) is 5.91 Å². The fraction of sp³-hybridized carbons (Fsp3) is 0.600. The van der Waals surface area contributed by atoms with Gasteiger partial charge in [0, 0.05) is 26.2 Å². The Morgan fingerprint density at radius 3 is 2.86 bits per heavy atom. The van der Waals surface area contributed by atoms with Crippen molar-refractivity contribution < 1.29 is 14.3 Å². The molecule has 3 rings (SSSR count). The van der Waals surface area contributed by atoms with Crippen molar-refractivity contribution in [2.75, 3.05) is 44.4 Å². The van der Waals surface area contributed by atoms with Gasteiger partial charge in [-0.2, -0.15) is 0 Å². The van der Waals surface area contributed by atoms with Gasteiger partial charge in [-0.3, -0.25) is 4.79 Å². The third-order valence-corrected chi connectivity index (χ3v) is 3.87. The SMILES string of the molecule is O=C(NCC1CCCO1)c1ccc(N2CCOCC2)cn1. The minimum Gasteiger partial charge on any atom is -0.378 e. The van der Waals surface area contributed by atoms with Gasteiger partial charge in [0.15, 0.2) is 0 Å². The molecule has 1 aromatic heterocycles. The van der Waals surface area contributed by atoms with Gasteiger partial charge in [-0.25, -0.2) is 4.98 Å². The number of nitrogens with one attached hydrogen (secondary N) is 1. The van der Waals surface area contributed by atoms with Crippen molar-refractivity contribution in [1.82, 2.24) is 10.3 Å². The van der Waals surface area contributed by atoms with E-state index in [1.54, 1.807) is 12.3 Å². The average molecular weight is 291 g/mol. The van der Waals surface area contributed by atoms with Crippen LogP contribution < -0.4 is 10.2 Å². The van der Waals surface area contributed by atoms with Crippen molar-refractivity contribution in [3.8, 4) is 0 Å². The highest BCUT2D eigenvalue weighted by atomic mass is 16.5. The molecule has 2 saturated heterocycles. The number of carbonyl (C=O) groups is 1. The first-order chi connectivity index (χ1) is 10.3. The average Bonchev–Trinajstić information content (AvgIpc) is 3.07. The zero-order valence-electron chi connectivity index (χ0n) is 12.1. The zero-order valence-corrected chi connectivity index (χ0v) is 12.1. The van der Waals surface area contributed by atoms with Gasteiger partial charge in [-0.15, -0.1) is 0 Å². The normalized spacial score (nSPS) is 22.3. The molecule has 0 aliphatic carbocycles. The van der Waals surface area contributed by atoms with E-state index in [2.05, 4.69) is 15.2 Å². The van der Waals surface area contributed by atoms with Crippen LogP contribution in [0.15, 0.2) is 18.3 Å². The fourth-order valence-corrected chi connectivity index (χ4v) is 2.63. The number of morpholine rings is 1. The van der Waals surface area contributed by atoms with Gasteiger partial charge >= 0.3 is 0 Å². The van der Waals surface area contributed by atoms with Crippen molar-refractivity contribution in [2.45, 2.75) is 18.9 Å². The lowest BCUT2D eigenvalue weighted by molar-refractivity contribution is 0.0853. The molecule has 1 aromatic rings. The van der Waals surface area contributed by atoms with Crippen LogP contribution in [-0.2, 0) is 9.47 Å². The maximum Gasteiger partial charge on any atom is 0.269 e. The van der Waals surface area contributed by atoms with E-state index < -0.39 is 0 Å². The number of pyridine rings is 1. The van der Waals surface area contributed by atoms with Crippen LogP contribution in [0.5, 0.6) is 0 Å². The van der Waals surface area contributed by atoms with Gasteiger partial charge in [0.2, 0.25) is 0 Å². The molecule has 114 valence electrons. The van der Waals surface area contributed by atoms with Crippen LogP contribution in [0.4, 0.5) is 5.69 Å². The van der Waals surface area contributed by atoms with Crippen LogP contribution in [0, 0.1) is 0 Å². The summed E-state index contributed by atoms with van der Waals surface area (Å²) < 4.78 is 10.8. The molecule has 0 spiro atoms. The van der Waals surface area contributed by atoms with Crippen molar-refractivity contribution in [3.63, 3.8) is 0 Å². The summed E-state index contributed by atoms with van der Waals surface area (Å²) in [7, 11) is 0. The molecule has 0 saturated carbocycles. The Morgan fingerprint density at radius 2 is 2.19 bits per heavy atom. The van der Waals surface area contributed by atoms with E-state index in [1.165, 1.54) is 0 Å². The van der Waals surface area contributed by atoms with Crippen LogP contribution in [-0.4, -0.2) is 56.5 Å². The van der Waals surface area contributed by atoms with Crippen molar-refractivity contribution in [3.05, 3.63) is 24.0 Å². The van der Waals surface area contributed by atoms with E-state index in [0.717, 1.165) is 51.4 Å². The van der Waals surface area contributed by atoms with Crippen molar-refractivity contribution >= 4 is 11.6 Å². The van der Waals surface area contributed by atoms with Gasteiger partial charge in [0.05, 0.1) is 31.2 Å². The van der Waals surface area contributed by atoms with Gasteiger partial charge < -0.3 is 19.7 Å². The van der Waals surface area contributed by atoms with E-state index in [1.807, 2.05) is 6.07 Å². The Kier molecular flexibility index (Phi) is 4.67. The first-order valence-corrected chi connectivity index (χ1v) is 7.51. The number of amides is 1. The minimum atomic E-state index is -0.140. The first kappa shape index (κ1) is 14.3. The Balaban J connectivity index is 1.54. The molecule has 0 radical (unpaired) electrons. The molecule has 21 heavy (non-hydrogen) atoms. The second-order valence-corrected chi connectivity index (χ2v) is 5.35. The fourth-order valence-electron chi connectivity index (χ4n) is 2.63. The van der Waals surface area contributed by atoms with E-state index in [-0.39, 0.29) is 12.0 Å². The molecule has 1 N–H and O–H groups in total. The van der Waals surface area contributed by atoms with E-state index in [4.69, 9.17) is 9.47 Å². The van der Waals surface area contributed by atoms with Gasteiger partial charge in [-0.05, 0) is 25.0 Å². The predicted octanol–water partition coefficient (Wildman–Crippen LogP) is 0.827. The zero-order chi connectivity index (χ0) is 14.5. The lowest BCUT2D eigenvalue weighted by atomic mass is 10.2. The maximum absolute atomic E-state index is 12.0. The highest BCUT2D eigenvalue weighted by Gasteiger charge is 2.17. The second-order valence-electron chi connectivity index (χ2n) is 5.35. The summed E-state index contributed by atoms with van der Waals surface area (Å²) in [5.74, 6) is -0.140. The molecule has 1 atom stereocenters. The summed E-state index contributed by atoms with van der Waals surface area (Å²) >= 11 is 0. The minimum absolute atomic E-state index is 0.140. The monoisotopic (exact) mass is 291 g/mol. The summed E-state index contributed by atoms with van der Waals surface area (Å²) in [6.07, 6.45) is 4.00. The standard InChI is InChI=1S/C15H21N3O3/c19-15(17-11-13-2-1-7-21-13)14-4-3-12(10-16-14)18-5-8-20-9-6-18/h3-4,10,13H,1-2,5-9,11H2,(H,17,19). The molecule has 0 aromatic carbocycles. The summed E-state index contributed by atoms with van der Waals surface area (Å²) in [6.45, 7) is 4.57. The third kappa shape index (κ3) is 3.71. The Bertz CT molecular complexity index is 466. The topological polar surface area (TPSA) is 63.7 Å².